The maximum atomic E-state index is 12.0. The molecule has 0 bridgehead atoms. The SMILES string of the molecule is CC(C)NC(CN(CC1CC1)C1CC1)(C(=O)O)C1CC1. The smallest absolute Gasteiger partial charge is 0.325 e. The van der Waals surface area contributed by atoms with Gasteiger partial charge in [0, 0.05) is 25.2 Å². The molecule has 0 heterocycles. The van der Waals surface area contributed by atoms with Crippen molar-refractivity contribution in [3.8, 4) is 0 Å². The van der Waals surface area contributed by atoms with Crippen LogP contribution >= 0.6 is 0 Å². The molecule has 0 amide bonds. The number of nitrogens with zero attached hydrogens (tertiary/aromatic N) is 1. The number of carboxylic acids is 1. The van der Waals surface area contributed by atoms with Gasteiger partial charge in [0.25, 0.3) is 0 Å². The molecule has 114 valence electrons. The lowest BCUT2D eigenvalue weighted by atomic mass is 9.91. The van der Waals surface area contributed by atoms with Crippen molar-refractivity contribution in [2.45, 2.75) is 70.0 Å². The minimum absolute atomic E-state index is 0.216. The monoisotopic (exact) mass is 280 g/mol. The van der Waals surface area contributed by atoms with Crippen LogP contribution in [0.3, 0.4) is 0 Å². The van der Waals surface area contributed by atoms with Crippen LogP contribution in [0, 0.1) is 11.8 Å². The van der Waals surface area contributed by atoms with E-state index in [2.05, 4.69) is 24.1 Å². The van der Waals surface area contributed by atoms with E-state index in [0.717, 1.165) is 25.3 Å². The third kappa shape index (κ3) is 3.17. The highest BCUT2D eigenvalue weighted by molar-refractivity contribution is 5.80. The molecule has 1 atom stereocenters. The zero-order chi connectivity index (χ0) is 14.3. The van der Waals surface area contributed by atoms with Gasteiger partial charge in [-0.05, 0) is 64.2 Å². The Labute approximate surface area is 121 Å². The van der Waals surface area contributed by atoms with Crippen LogP contribution in [0.1, 0.15) is 52.4 Å². The van der Waals surface area contributed by atoms with Gasteiger partial charge in [-0.1, -0.05) is 0 Å². The van der Waals surface area contributed by atoms with Gasteiger partial charge in [0.15, 0.2) is 0 Å². The molecule has 0 spiro atoms. The topological polar surface area (TPSA) is 52.6 Å². The van der Waals surface area contributed by atoms with E-state index in [4.69, 9.17) is 0 Å². The van der Waals surface area contributed by atoms with Gasteiger partial charge >= 0.3 is 5.97 Å². The van der Waals surface area contributed by atoms with Crippen molar-refractivity contribution < 1.29 is 9.90 Å². The molecule has 4 nitrogen and oxygen atoms in total. The lowest BCUT2D eigenvalue weighted by Crippen LogP contribution is -2.63. The van der Waals surface area contributed by atoms with Crippen LogP contribution in [0.4, 0.5) is 0 Å². The van der Waals surface area contributed by atoms with Gasteiger partial charge in [-0.2, -0.15) is 0 Å². The fraction of sp³-hybridized carbons (Fsp3) is 0.938. The quantitative estimate of drug-likeness (QED) is 0.679. The van der Waals surface area contributed by atoms with E-state index >= 15 is 0 Å². The predicted molar refractivity (Wildman–Crippen MR) is 78.7 cm³/mol. The molecule has 0 aliphatic heterocycles. The highest BCUT2D eigenvalue weighted by atomic mass is 16.4. The minimum Gasteiger partial charge on any atom is -0.480 e. The molecule has 1 unspecified atom stereocenters. The van der Waals surface area contributed by atoms with Crippen molar-refractivity contribution in [2.24, 2.45) is 11.8 Å². The van der Waals surface area contributed by atoms with Gasteiger partial charge in [-0.25, -0.2) is 0 Å². The van der Waals surface area contributed by atoms with Crippen LogP contribution < -0.4 is 5.32 Å². The number of carbonyl (C=O) groups is 1. The van der Waals surface area contributed by atoms with Crippen LogP contribution in [-0.4, -0.2) is 46.7 Å². The maximum absolute atomic E-state index is 12.0. The molecule has 3 fully saturated rings. The van der Waals surface area contributed by atoms with Gasteiger partial charge in [-0.15, -0.1) is 0 Å². The fourth-order valence-corrected chi connectivity index (χ4v) is 3.42. The van der Waals surface area contributed by atoms with Crippen LogP contribution in [-0.2, 0) is 4.79 Å². The van der Waals surface area contributed by atoms with Crippen molar-refractivity contribution in [2.75, 3.05) is 13.1 Å². The lowest BCUT2D eigenvalue weighted by Gasteiger charge is -2.38. The van der Waals surface area contributed by atoms with Crippen molar-refractivity contribution in [1.29, 1.82) is 0 Å². The summed E-state index contributed by atoms with van der Waals surface area (Å²) < 4.78 is 0. The van der Waals surface area contributed by atoms with Gasteiger partial charge in [0.2, 0.25) is 0 Å². The number of aliphatic carboxylic acids is 1. The molecule has 0 aromatic rings. The largest absolute Gasteiger partial charge is 0.480 e. The average molecular weight is 280 g/mol. The summed E-state index contributed by atoms with van der Waals surface area (Å²) in [4.78, 5) is 14.5. The molecule has 2 N–H and O–H groups in total. The molecule has 20 heavy (non-hydrogen) atoms. The molecular formula is C16H28N2O2. The second-order valence-corrected chi connectivity index (χ2v) is 7.45. The Morgan fingerprint density at radius 2 is 1.90 bits per heavy atom. The molecule has 4 heteroatoms. The Morgan fingerprint density at radius 3 is 2.30 bits per heavy atom. The van der Waals surface area contributed by atoms with E-state index in [9.17, 15) is 9.90 Å². The molecular weight excluding hydrogens is 252 g/mol. The first kappa shape index (κ1) is 14.3. The first-order chi connectivity index (χ1) is 9.51. The van der Waals surface area contributed by atoms with Crippen molar-refractivity contribution in [3.63, 3.8) is 0 Å². The Hall–Kier alpha value is -0.610. The second-order valence-electron chi connectivity index (χ2n) is 7.45. The molecule has 0 aromatic heterocycles. The van der Waals surface area contributed by atoms with Crippen molar-refractivity contribution >= 4 is 5.97 Å². The van der Waals surface area contributed by atoms with Gasteiger partial charge in [-0.3, -0.25) is 15.0 Å². The van der Waals surface area contributed by atoms with Crippen LogP contribution in [0.2, 0.25) is 0 Å². The molecule has 0 radical (unpaired) electrons. The molecule has 3 rings (SSSR count). The number of hydrogen-bond acceptors (Lipinski definition) is 3. The van der Waals surface area contributed by atoms with Gasteiger partial charge in [0.1, 0.15) is 5.54 Å². The summed E-state index contributed by atoms with van der Waals surface area (Å²) in [6, 6.07) is 0.871. The summed E-state index contributed by atoms with van der Waals surface area (Å²) in [5.41, 5.74) is -0.717. The molecule has 0 saturated heterocycles. The molecule has 3 aliphatic rings. The molecule has 3 aliphatic carbocycles. The highest BCUT2D eigenvalue weighted by Crippen LogP contribution is 2.43. The standard InChI is InChI=1S/C16H28N2O2/c1-11(2)17-16(15(19)20,13-5-6-13)10-18(14-7-8-14)9-12-3-4-12/h11-14,17H,3-10H2,1-2H3,(H,19,20). The van der Waals surface area contributed by atoms with Crippen LogP contribution in [0.25, 0.3) is 0 Å². The lowest BCUT2D eigenvalue weighted by molar-refractivity contribution is -0.147. The first-order valence-electron chi connectivity index (χ1n) is 8.26. The maximum Gasteiger partial charge on any atom is 0.325 e. The number of nitrogens with one attached hydrogen (secondary N) is 1. The average Bonchev–Trinajstić information content (AvgIpc) is 3.25. The number of carboxylic acid groups (broad SMARTS) is 1. The summed E-state index contributed by atoms with van der Waals surface area (Å²) in [6.07, 6.45) is 7.32. The predicted octanol–water partition coefficient (Wildman–Crippen LogP) is 2.09. The summed E-state index contributed by atoms with van der Waals surface area (Å²) in [6.45, 7) is 5.93. The first-order valence-corrected chi connectivity index (χ1v) is 8.26. The van der Waals surface area contributed by atoms with Gasteiger partial charge < -0.3 is 5.11 Å². The number of hydrogen-bond donors (Lipinski definition) is 2. The fourth-order valence-electron chi connectivity index (χ4n) is 3.42. The van der Waals surface area contributed by atoms with E-state index in [0.29, 0.717) is 18.5 Å². The minimum atomic E-state index is -0.717. The van der Waals surface area contributed by atoms with Crippen molar-refractivity contribution in [1.82, 2.24) is 10.2 Å². The van der Waals surface area contributed by atoms with E-state index < -0.39 is 11.5 Å². The normalized spacial score (nSPS) is 26.0. The summed E-state index contributed by atoms with van der Waals surface area (Å²) in [7, 11) is 0. The van der Waals surface area contributed by atoms with Crippen LogP contribution in [0.15, 0.2) is 0 Å². The van der Waals surface area contributed by atoms with E-state index in [-0.39, 0.29) is 6.04 Å². The Morgan fingerprint density at radius 1 is 1.25 bits per heavy atom. The summed E-state index contributed by atoms with van der Waals surface area (Å²) >= 11 is 0. The third-order valence-corrected chi connectivity index (χ3v) is 4.91. The highest BCUT2D eigenvalue weighted by Gasteiger charge is 2.53. The molecule has 0 aromatic carbocycles. The zero-order valence-electron chi connectivity index (χ0n) is 12.8. The summed E-state index contributed by atoms with van der Waals surface area (Å²) in [5, 5.41) is 13.3. The second kappa shape index (κ2) is 5.30. The van der Waals surface area contributed by atoms with Crippen molar-refractivity contribution in [3.05, 3.63) is 0 Å². The van der Waals surface area contributed by atoms with Gasteiger partial charge in [0.05, 0.1) is 0 Å². The number of rotatable bonds is 9. The Balaban J connectivity index is 1.74. The Kier molecular flexibility index (Phi) is 3.80. The summed E-state index contributed by atoms with van der Waals surface area (Å²) in [5.74, 6) is 0.512. The van der Waals surface area contributed by atoms with E-state index in [1.54, 1.807) is 0 Å². The van der Waals surface area contributed by atoms with Crippen LogP contribution in [0.5, 0.6) is 0 Å². The molecule has 3 saturated carbocycles. The zero-order valence-corrected chi connectivity index (χ0v) is 12.8. The van der Waals surface area contributed by atoms with E-state index in [1.807, 2.05) is 0 Å². The third-order valence-electron chi connectivity index (χ3n) is 4.91. The Bertz CT molecular complexity index is 373. The van der Waals surface area contributed by atoms with E-state index in [1.165, 1.54) is 25.7 Å².